The number of aryl methyl sites for hydroxylation is 1. The number of guanidine groups is 1. The van der Waals surface area contributed by atoms with E-state index in [4.69, 9.17) is 4.74 Å². The number of halogens is 1. The molecule has 2 N–H and O–H groups in total. The molecule has 0 heterocycles. The van der Waals surface area contributed by atoms with Gasteiger partial charge >= 0.3 is 0 Å². The van der Waals surface area contributed by atoms with Crippen LogP contribution in [-0.4, -0.2) is 39.3 Å². The van der Waals surface area contributed by atoms with Gasteiger partial charge in [0.25, 0.3) is 0 Å². The lowest BCUT2D eigenvalue weighted by Crippen LogP contribution is -2.45. The van der Waals surface area contributed by atoms with Gasteiger partial charge in [0.05, 0.1) is 6.10 Å². The van der Waals surface area contributed by atoms with Gasteiger partial charge in [-0.15, -0.1) is 24.0 Å². The van der Waals surface area contributed by atoms with E-state index >= 15 is 0 Å². The van der Waals surface area contributed by atoms with Crippen molar-refractivity contribution < 1.29 is 4.74 Å². The minimum Gasteiger partial charge on any atom is -0.379 e. The van der Waals surface area contributed by atoms with Gasteiger partial charge in [-0.2, -0.15) is 0 Å². The van der Waals surface area contributed by atoms with Gasteiger partial charge in [0.1, 0.15) is 0 Å². The van der Waals surface area contributed by atoms with Gasteiger partial charge in [0.2, 0.25) is 0 Å². The SMILES string of the molecule is CN=C(NCCc1cccc(C)c1)NCC(OC)C(C)(C)C.I. The number of nitrogens with zero attached hydrogens (tertiary/aromatic N) is 1. The lowest BCUT2D eigenvalue weighted by atomic mass is 9.89. The fourth-order valence-corrected chi connectivity index (χ4v) is 2.35. The summed E-state index contributed by atoms with van der Waals surface area (Å²) >= 11 is 0. The van der Waals surface area contributed by atoms with Crippen LogP contribution in [0.1, 0.15) is 31.9 Å². The number of aliphatic imine (C=N–C) groups is 1. The van der Waals surface area contributed by atoms with Gasteiger partial charge in [-0.3, -0.25) is 4.99 Å². The predicted octanol–water partition coefficient (Wildman–Crippen LogP) is 3.38. The maximum atomic E-state index is 5.55. The lowest BCUT2D eigenvalue weighted by molar-refractivity contribution is 0.0205. The van der Waals surface area contributed by atoms with Crippen LogP contribution in [0.5, 0.6) is 0 Å². The third kappa shape index (κ3) is 8.55. The first-order valence-electron chi connectivity index (χ1n) is 7.89. The number of hydrogen-bond donors (Lipinski definition) is 2. The molecule has 0 saturated heterocycles. The van der Waals surface area contributed by atoms with Crippen molar-refractivity contribution in [1.29, 1.82) is 0 Å². The van der Waals surface area contributed by atoms with Crippen LogP contribution in [0, 0.1) is 12.3 Å². The van der Waals surface area contributed by atoms with Crippen molar-refractivity contribution in [1.82, 2.24) is 10.6 Å². The van der Waals surface area contributed by atoms with Crippen molar-refractivity contribution in [2.45, 2.75) is 40.2 Å². The molecule has 0 radical (unpaired) electrons. The molecule has 4 nitrogen and oxygen atoms in total. The first-order valence-corrected chi connectivity index (χ1v) is 7.89. The van der Waals surface area contributed by atoms with E-state index in [2.05, 4.69) is 67.6 Å². The third-order valence-corrected chi connectivity index (χ3v) is 3.72. The standard InChI is InChI=1S/C18H31N3O.HI/c1-14-8-7-9-15(12-14)10-11-20-17(19-5)21-13-16(22-6)18(2,3)4;/h7-9,12,16H,10-11,13H2,1-6H3,(H2,19,20,21);1H. The summed E-state index contributed by atoms with van der Waals surface area (Å²) in [6.07, 6.45) is 1.12. The van der Waals surface area contributed by atoms with Gasteiger partial charge in [-0.1, -0.05) is 50.6 Å². The van der Waals surface area contributed by atoms with E-state index in [1.54, 1.807) is 14.2 Å². The molecule has 0 bridgehead atoms. The van der Waals surface area contributed by atoms with Crippen molar-refractivity contribution >= 4 is 29.9 Å². The number of benzene rings is 1. The molecule has 1 unspecified atom stereocenters. The highest BCUT2D eigenvalue weighted by Gasteiger charge is 2.24. The molecule has 0 fully saturated rings. The summed E-state index contributed by atoms with van der Waals surface area (Å²) in [7, 11) is 3.55. The zero-order valence-electron chi connectivity index (χ0n) is 15.3. The quantitative estimate of drug-likeness (QED) is 0.411. The number of ether oxygens (including phenoxy) is 1. The maximum Gasteiger partial charge on any atom is 0.191 e. The van der Waals surface area contributed by atoms with Crippen LogP contribution in [0.4, 0.5) is 0 Å². The number of methoxy groups -OCH3 is 1. The molecule has 0 aliphatic rings. The van der Waals surface area contributed by atoms with Crippen LogP contribution >= 0.6 is 24.0 Å². The molecule has 5 heteroatoms. The molecule has 0 saturated carbocycles. The molecule has 1 aromatic carbocycles. The van der Waals surface area contributed by atoms with Crippen molar-refractivity contribution in [2.24, 2.45) is 10.4 Å². The second-order valence-corrected chi connectivity index (χ2v) is 6.71. The van der Waals surface area contributed by atoms with E-state index < -0.39 is 0 Å². The average molecular weight is 433 g/mol. The summed E-state index contributed by atoms with van der Waals surface area (Å²) in [6.45, 7) is 10.2. The van der Waals surface area contributed by atoms with E-state index in [1.807, 2.05) is 0 Å². The normalized spacial score (nSPS) is 13.2. The molecule has 23 heavy (non-hydrogen) atoms. The Balaban J connectivity index is 0.00000484. The Morgan fingerprint density at radius 2 is 1.96 bits per heavy atom. The second-order valence-electron chi connectivity index (χ2n) is 6.71. The van der Waals surface area contributed by atoms with Crippen LogP contribution in [0.3, 0.4) is 0 Å². The summed E-state index contributed by atoms with van der Waals surface area (Å²) in [5, 5.41) is 6.69. The van der Waals surface area contributed by atoms with Crippen LogP contribution in [0.25, 0.3) is 0 Å². The Hall–Kier alpha value is -0.820. The van der Waals surface area contributed by atoms with Crippen LogP contribution in [0.15, 0.2) is 29.3 Å². The molecular weight excluding hydrogens is 401 g/mol. The summed E-state index contributed by atoms with van der Waals surface area (Å²) in [4.78, 5) is 4.26. The minimum atomic E-state index is 0. The van der Waals surface area contributed by atoms with Crippen LogP contribution < -0.4 is 10.6 Å². The van der Waals surface area contributed by atoms with Crippen molar-refractivity contribution in [2.75, 3.05) is 27.2 Å². The third-order valence-electron chi connectivity index (χ3n) is 3.72. The van der Waals surface area contributed by atoms with Gasteiger partial charge in [-0.05, 0) is 24.3 Å². The molecule has 0 spiro atoms. The Labute approximate surface area is 158 Å². The van der Waals surface area contributed by atoms with E-state index in [0.717, 1.165) is 25.5 Å². The first-order chi connectivity index (χ1) is 10.4. The molecule has 1 atom stereocenters. The maximum absolute atomic E-state index is 5.55. The summed E-state index contributed by atoms with van der Waals surface area (Å²) in [6, 6.07) is 8.60. The highest BCUT2D eigenvalue weighted by atomic mass is 127. The van der Waals surface area contributed by atoms with Crippen molar-refractivity contribution in [3.63, 3.8) is 0 Å². The predicted molar refractivity (Wildman–Crippen MR) is 110 cm³/mol. The second kappa shape index (κ2) is 10.9. The van der Waals surface area contributed by atoms with Gasteiger partial charge < -0.3 is 15.4 Å². The van der Waals surface area contributed by atoms with Crippen LogP contribution in [0.2, 0.25) is 0 Å². The van der Waals surface area contributed by atoms with Crippen molar-refractivity contribution in [3.05, 3.63) is 35.4 Å². The highest BCUT2D eigenvalue weighted by Crippen LogP contribution is 2.20. The molecule has 1 rings (SSSR count). The number of nitrogens with one attached hydrogen (secondary N) is 2. The molecule has 0 aliphatic carbocycles. The van der Waals surface area contributed by atoms with Gasteiger partial charge in [-0.25, -0.2) is 0 Å². The van der Waals surface area contributed by atoms with E-state index in [1.165, 1.54) is 11.1 Å². The molecule has 0 aromatic heterocycles. The molecule has 0 aliphatic heterocycles. The Bertz CT molecular complexity index is 483. The first kappa shape index (κ1) is 22.2. The van der Waals surface area contributed by atoms with Crippen LogP contribution in [-0.2, 0) is 11.2 Å². The molecular formula is C18H32IN3O. The fraction of sp³-hybridized carbons (Fsp3) is 0.611. The Morgan fingerprint density at radius 3 is 2.48 bits per heavy atom. The highest BCUT2D eigenvalue weighted by molar-refractivity contribution is 14.0. The largest absolute Gasteiger partial charge is 0.379 e. The van der Waals surface area contributed by atoms with Crippen molar-refractivity contribution in [3.8, 4) is 0 Å². The molecule has 132 valence electrons. The fourth-order valence-electron chi connectivity index (χ4n) is 2.35. The number of rotatable bonds is 6. The van der Waals surface area contributed by atoms with Gasteiger partial charge in [0, 0.05) is 27.2 Å². The minimum absolute atomic E-state index is 0. The Kier molecular flexibility index (Phi) is 10.5. The van der Waals surface area contributed by atoms with E-state index in [0.29, 0.717) is 0 Å². The summed E-state index contributed by atoms with van der Waals surface area (Å²) in [5.74, 6) is 0.818. The molecule has 0 amide bonds. The topological polar surface area (TPSA) is 45.7 Å². The zero-order chi connectivity index (χ0) is 16.6. The van der Waals surface area contributed by atoms with Gasteiger partial charge in [0.15, 0.2) is 5.96 Å². The summed E-state index contributed by atoms with van der Waals surface area (Å²) < 4.78 is 5.55. The zero-order valence-corrected chi connectivity index (χ0v) is 17.6. The van der Waals surface area contributed by atoms with E-state index in [9.17, 15) is 0 Å². The number of hydrogen-bond acceptors (Lipinski definition) is 2. The smallest absolute Gasteiger partial charge is 0.191 e. The monoisotopic (exact) mass is 433 g/mol. The Morgan fingerprint density at radius 1 is 1.26 bits per heavy atom. The molecule has 1 aromatic rings. The van der Waals surface area contributed by atoms with E-state index in [-0.39, 0.29) is 35.5 Å². The lowest BCUT2D eigenvalue weighted by Gasteiger charge is -2.30. The summed E-state index contributed by atoms with van der Waals surface area (Å²) in [5.41, 5.74) is 2.74. The average Bonchev–Trinajstić information content (AvgIpc) is 2.44.